The van der Waals surface area contributed by atoms with Gasteiger partial charge in [-0.15, -0.1) is 0 Å². The van der Waals surface area contributed by atoms with E-state index in [9.17, 15) is 24.9 Å². The predicted molar refractivity (Wildman–Crippen MR) is 260 cm³/mol. The molecule has 0 fully saturated rings. The number of allylic oxidation sites excluding steroid dienone is 2. The molecule has 1 aliphatic rings. The van der Waals surface area contributed by atoms with E-state index in [2.05, 4.69) is 96.3 Å². The second-order valence-corrected chi connectivity index (χ2v) is 20.3. The summed E-state index contributed by atoms with van der Waals surface area (Å²) in [4.78, 5) is 30.1. The number of rotatable bonds is 13. The molecule has 0 aliphatic carbocycles. The van der Waals surface area contributed by atoms with Crippen LogP contribution in [0, 0.1) is 11.8 Å². The number of aliphatic hydroxyl groups excluding tert-OH is 1. The Kier molecular flexibility index (Phi) is 18.5. The molecule has 0 radical (unpaired) electrons. The third-order valence-corrected chi connectivity index (χ3v) is 16.5. The fourth-order valence-electron chi connectivity index (χ4n) is 8.54. The van der Waals surface area contributed by atoms with Crippen molar-refractivity contribution in [3.8, 4) is 11.5 Å². The average molecular weight is 891 g/mol. The minimum absolute atomic E-state index is 0.0295. The van der Waals surface area contributed by atoms with Crippen molar-refractivity contribution in [2.75, 3.05) is 25.7 Å². The Balaban J connectivity index is 1.40. The average Bonchev–Trinajstić information content (AvgIpc) is 3.29. The van der Waals surface area contributed by atoms with Crippen molar-refractivity contribution in [2.45, 2.75) is 90.6 Å². The van der Waals surface area contributed by atoms with Crippen molar-refractivity contribution < 1.29 is 39.1 Å². The largest absolute Gasteiger partial charge is 0.506 e. The summed E-state index contributed by atoms with van der Waals surface area (Å²) < 4.78 is 16.9. The van der Waals surface area contributed by atoms with Gasteiger partial charge in [0, 0.05) is 43.6 Å². The monoisotopic (exact) mass is 890 g/mol. The number of aliphatic hydroxyl groups is 1. The van der Waals surface area contributed by atoms with E-state index < -0.39 is 49.6 Å². The molecule has 6 N–H and O–H groups in total. The van der Waals surface area contributed by atoms with Gasteiger partial charge in [-0.2, -0.15) is 0 Å². The number of phenols is 2. The number of carbonyl (C=O) groups excluding carboxylic acids is 2. The number of methoxy groups -OCH3 is 2. The van der Waals surface area contributed by atoms with E-state index in [-0.39, 0.29) is 40.8 Å². The van der Waals surface area contributed by atoms with Crippen molar-refractivity contribution in [3.63, 3.8) is 0 Å². The molecular weight excluding hydrogens is 826 g/mol. The maximum absolute atomic E-state index is 13.4. The fraction of sp³-hybridized carbons (Fsp3) is 0.365. The second kappa shape index (κ2) is 23.9. The number of unbranched alkanes of at least 4 members (excludes halogenated alkanes) is 3. The summed E-state index contributed by atoms with van der Waals surface area (Å²) in [5.41, 5.74) is 6.94. The third-order valence-electron chi connectivity index (χ3n) is 11.9. The molecule has 4 aromatic carbocycles. The van der Waals surface area contributed by atoms with Gasteiger partial charge in [0.15, 0.2) is 6.10 Å². The first-order valence-electron chi connectivity index (χ1n) is 22.0. The van der Waals surface area contributed by atoms with Crippen LogP contribution in [0.15, 0.2) is 138 Å². The molecule has 1 aliphatic heterocycles. The number of carbonyl (C=O) groups is 2. The molecule has 5 rings (SSSR count). The lowest BCUT2D eigenvalue weighted by atomic mass is 9.87. The summed E-state index contributed by atoms with van der Waals surface area (Å²) in [6, 6.07) is 33.9. The van der Waals surface area contributed by atoms with Gasteiger partial charge in [0.25, 0.3) is 5.91 Å². The third kappa shape index (κ3) is 12.6. The molecule has 64 heavy (non-hydrogen) atoms. The second-order valence-electron chi connectivity index (χ2n) is 16.6. The summed E-state index contributed by atoms with van der Waals surface area (Å²) in [5, 5.41) is 41.6. The van der Waals surface area contributed by atoms with Crippen molar-refractivity contribution >= 4 is 52.8 Å². The molecule has 0 aromatic heterocycles. The number of fused-ring (bicyclic) bond motifs is 2. The van der Waals surface area contributed by atoms with Gasteiger partial charge in [0.2, 0.25) is 0 Å². The number of benzene rings is 4. The van der Waals surface area contributed by atoms with E-state index in [1.807, 2.05) is 13.8 Å². The molecule has 0 spiro atoms. The fourth-order valence-corrected chi connectivity index (χ4v) is 12.9. The Hall–Kier alpha value is -5.58. The van der Waals surface area contributed by atoms with Gasteiger partial charge in [-0.3, -0.25) is 9.79 Å². The first-order chi connectivity index (χ1) is 30.8. The van der Waals surface area contributed by atoms with Gasteiger partial charge < -0.3 is 40.6 Å². The van der Waals surface area contributed by atoms with Crippen LogP contribution < -0.4 is 27.0 Å². The van der Waals surface area contributed by atoms with Gasteiger partial charge in [-0.1, -0.05) is 92.7 Å². The standard InChI is InChI=1S/C52H64N3O8P/c1-35-31-42-47(54-29-18-7-8-19-30-64(39-22-12-9-13-23-39,40-24-14-10-15-25-40)41-26-16-11-17-27-41)44(56)34-43(49(42)58)55-51(59)36(2)21-20-28-45(61-5)50(63-52(53)60)38(4)33-37(3)48(57)46(32-35)62-6/h9-17,20-29,33-35,37,45-46,48,50,57H,7-8,18-19,30-32H2,1-6H3,(H4-,53,55,56,58,59,60)/p+1/t35-,37+,45+,46+,48-,50+/m1/s1. The molecule has 1 heterocycles. The van der Waals surface area contributed by atoms with Gasteiger partial charge >= 0.3 is 6.09 Å². The molecule has 11 nitrogen and oxygen atoms in total. The number of phenolic OH excluding ortho intramolecular Hbond substituents is 2. The van der Waals surface area contributed by atoms with Gasteiger partial charge in [0.1, 0.15) is 46.5 Å². The molecule has 4 aromatic rings. The molecule has 0 unspecified atom stereocenters. The Bertz CT molecular complexity index is 2170. The smallest absolute Gasteiger partial charge is 0.405 e. The van der Waals surface area contributed by atoms with E-state index >= 15 is 0 Å². The van der Waals surface area contributed by atoms with Crippen molar-refractivity contribution in [1.29, 1.82) is 0 Å². The maximum atomic E-state index is 13.4. The van der Waals surface area contributed by atoms with Gasteiger partial charge in [0.05, 0.1) is 24.1 Å². The van der Waals surface area contributed by atoms with Crippen LogP contribution in [0.5, 0.6) is 11.5 Å². The quantitative estimate of drug-likeness (QED) is 0.0221. The Morgan fingerprint density at radius 1 is 0.891 bits per heavy atom. The lowest BCUT2D eigenvalue weighted by Crippen LogP contribution is -2.37. The number of nitrogens with one attached hydrogen (secondary N) is 1. The summed E-state index contributed by atoms with van der Waals surface area (Å²) in [6.45, 7) is 7.16. The first-order valence-corrected chi connectivity index (χ1v) is 24.0. The van der Waals surface area contributed by atoms with E-state index in [0.717, 1.165) is 25.4 Å². The number of anilines is 1. The maximum Gasteiger partial charge on any atom is 0.405 e. The molecule has 12 heteroatoms. The number of nitrogens with zero attached hydrogens (tertiary/aromatic N) is 1. The molecular formula is C52H65N3O8P+. The highest BCUT2D eigenvalue weighted by Crippen LogP contribution is 2.56. The van der Waals surface area contributed by atoms with Crippen LogP contribution >= 0.6 is 7.26 Å². The first kappa shape index (κ1) is 49.4. The van der Waals surface area contributed by atoms with Gasteiger partial charge in [-0.25, -0.2) is 4.79 Å². The molecule has 0 saturated heterocycles. The van der Waals surface area contributed by atoms with Crippen LogP contribution in [-0.4, -0.2) is 78.3 Å². The van der Waals surface area contributed by atoms with Crippen LogP contribution in [0.4, 0.5) is 16.2 Å². The molecule has 0 saturated carbocycles. The predicted octanol–water partition coefficient (Wildman–Crippen LogP) is 8.82. The normalized spacial score (nSPS) is 21.5. The zero-order valence-corrected chi connectivity index (χ0v) is 38.8. The number of amides is 2. The SMILES string of the molecule is CO[C@H]1C=CC=C(C)C(=O)Nc2cc(O)c(N=CCCCCC[P+](c3ccccc3)(c3ccccc3)c3ccccc3)c(c2O)C[C@@H](C)C[C@H](OC)[C@H](O)[C@@H](C)C=C(C)[C@@H]1OC(N)=O. The van der Waals surface area contributed by atoms with E-state index in [0.29, 0.717) is 24.0 Å². The zero-order valence-electron chi connectivity index (χ0n) is 37.9. The van der Waals surface area contributed by atoms with E-state index in [1.165, 1.54) is 36.2 Å². The van der Waals surface area contributed by atoms with Crippen LogP contribution in [-0.2, 0) is 25.4 Å². The van der Waals surface area contributed by atoms with E-state index in [1.54, 1.807) is 44.4 Å². The highest BCUT2D eigenvalue weighted by molar-refractivity contribution is 7.95. The summed E-state index contributed by atoms with van der Waals surface area (Å²) in [7, 11) is 1.04. The summed E-state index contributed by atoms with van der Waals surface area (Å²) >= 11 is 0. The number of nitrogens with two attached hydrogens (primary N) is 1. The lowest BCUT2D eigenvalue weighted by Gasteiger charge is -2.29. The Morgan fingerprint density at radius 2 is 1.48 bits per heavy atom. The number of aromatic hydroxyl groups is 2. The zero-order chi connectivity index (χ0) is 46.2. The van der Waals surface area contributed by atoms with Crippen LogP contribution in [0.25, 0.3) is 0 Å². The highest BCUT2D eigenvalue weighted by Gasteiger charge is 2.44. The lowest BCUT2D eigenvalue weighted by molar-refractivity contribution is -0.112. The van der Waals surface area contributed by atoms with Crippen LogP contribution in [0.3, 0.4) is 0 Å². The molecule has 2 amide bonds. The van der Waals surface area contributed by atoms with Crippen molar-refractivity contribution in [3.05, 3.63) is 138 Å². The minimum atomic E-state index is -1.94. The van der Waals surface area contributed by atoms with E-state index in [4.69, 9.17) is 24.9 Å². The number of hydrogen-bond donors (Lipinski definition) is 5. The minimum Gasteiger partial charge on any atom is -0.506 e. The van der Waals surface area contributed by atoms with Crippen LogP contribution in [0.2, 0.25) is 0 Å². The molecule has 2 bridgehead atoms. The summed E-state index contributed by atoms with van der Waals surface area (Å²) in [5.74, 6) is -1.55. The Labute approximate surface area is 379 Å². The van der Waals surface area contributed by atoms with Crippen molar-refractivity contribution in [2.24, 2.45) is 22.6 Å². The highest BCUT2D eigenvalue weighted by atomic mass is 31.2. The van der Waals surface area contributed by atoms with Crippen LogP contribution in [0.1, 0.15) is 65.4 Å². The number of ether oxygens (including phenoxy) is 3. The van der Waals surface area contributed by atoms with Crippen molar-refractivity contribution in [1.82, 2.24) is 0 Å². The number of hydrogen-bond acceptors (Lipinski definition) is 9. The number of aliphatic imine (C=N–C) groups is 1. The number of primary amides is 1. The van der Waals surface area contributed by atoms with Gasteiger partial charge in [-0.05, 0) is 100 Å². The Morgan fingerprint density at radius 3 is 2.03 bits per heavy atom. The molecule has 6 atom stereocenters. The summed E-state index contributed by atoms with van der Waals surface area (Å²) in [6.07, 6.45) is 9.19. The molecule has 340 valence electrons. The topological polar surface area (TPSA) is 173 Å².